The standard InChI is InChI=1S/C15H13FN4O/c1-19-15(21)12-4-3-11(18)7-14(12)20-13-5-2-10(16)6-9(13)8-17/h2-7,20H,18H2,1H3,(H,19,21). The topological polar surface area (TPSA) is 90.9 Å². The molecule has 0 radical (unpaired) electrons. The molecule has 5 nitrogen and oxygen atoms in total. The second kappa shape index (κ2) is 5.92. The van der Waals surface area contributed by atoms with Crippen LogP contribution in [0.15, 0.2) is 36.4 Å². The highest BCUT2D eigenvalue weighted by Gasteiger charge is 2.12. The average Bonchev–Trinajstić information content (AvgIpc) is 2.48. The molecular formula is C15H13FN4O. The Bertz CT molecular complexity index is 737. The fourth-order valence-electron chi connectivity index (χ4n) is 1.86. The molecular weight excluding hydrogens is 271 g/mol. The number of nitriles is 1. The molecule has 0 aromatic heterocycles. The van der Waals surface area contributed by atoms with E-state index in [9.17, 15) is 9.18 Å². The van der Waals surface area contributed by atoms with Gasteiger partial charge in [0.15, 0.2) is 0 Å². The quantitative estimate of drug-likeness (QED) is 0.755. The SMILES string of the molecule is CNC(=O)c1ccc(N)cc1Nc1ccc(F)cc1C#N. The maximum Gasteiger partial charge on any atom is 0.253 e. The van der Waals surface area contributed by atoms with Gasteiger partial charge in [-0.1, -0.05) is 0 Å². The van der Waals surface area contributed by atoms with E-state index in [1.54, 1.807) is 18.2 Å². The fourth-order valence-corrected chi connectivity index (χ4v) is 1.86. The Kier molecular flexibility index (Phi) is 4.05. The predicted molar refractivity (Wildman–Crippen MR) is 78.6 cm³/mol. The van der Waals surface area contributed by atoms with Crippen LogP contribution in [0.3, 0.4) is 0 Å². The molecule has 1 amide bonds. The number of carbonyl (C=O) groups is 1. The number of hydrogen-bond donors (Lipinski definition) is 3. The van der Waals surface area contributed by atoms with Crippen LogP contribution in [-0.2, 0) is 0 Å². The minimum atomic E-state index is -0.504. The van der Waals surface area contributed by atoms with Crippen LogP contribution >= 0.6 is 0 Å². The minimum absolute atomic E-state index is 0.139. The lowest BCUT2D eigenvalue weighted by Gasteiger charge is -2.13. The highest BCUT2D eigenvalue weighted by Crippen LogP contribution is 2.26. The highest BCUT2D eigenvalue weighted by molar-refractivity contribution is 6.01. The number of nitrogens with one attached hydrogen (secondary N) is 2. The van der Waals surface area contributed by atoms with Gasteiger partial charge in [0.2, 0.25) is 0 Å². The van der Waals surface area contributed by atoms with Crippen molar-refractivity contribution in [2.75, 3.05) is 18.1 Å². The molecule has 21 heavy (non-hydrogen) atoms. The summed E-state index contributed by atoms with van der Waals surface area (Å²) in [6.45, 7) is 0. The third-order valence-electron chi connectivity index (χ3n) is 2.89. The molecule has 0 bridgehead atoms. The number of nitrogens with two attached hydrogens (primary N) is 1. The fraction of sp³-hybridized carbons (Fsp3) is 0.0667. The number of nitrogen functional groups attached to an aromatic ring is 1. The van der Waals surface area contributed by atoms with Gasteiger partial charge in [0.1, 0.15) is 11.9 Å². The van der Waals surface area contributed by atoms with Crippen LogP contribution in [0, 0.1) is 17.1 Å². The molecule has 0 spiro atoms. The van der Waals surface area contributed by atoms with Crippen molar-refractivity contribution in [1.29, 1.82) is 5.26 Å². The summed E-state index contributed by atoms with van der Waals surface area (Å²) in [7, 11) is 1.51. The number of benzene rings is 2. The maximum absolute atomic E-state index is 13.1. The Balaban J connectivity index is 2.47. The van der Waals surface area contributed by atoms with E-state index in [2.05, 4.69) is 10.6 Å². The van der Waals surface area contributed by atoms with Crippen LogP contribution in [0.25, 0.3) is 0 Å². The number of halogens is 1. The number of nitrogens with zero attached hydrogens (tertiary/aromatic N) is 1. The monoisotopic (exact) mass is 284 g/mol. The van der Waals surface area contributed by atoms with Crippen LogP contribution in [0.4, 0.5) is 21.5 Å². The summed E-state index contributed by atoms with van der Waals surface area (Å²) >= 11 is 0. The zero-order chi connectivity index (χ0) is 15.4. The summed E-state index contributed by atoms with van der Waals surface area (Å²) in [6.07, 6.45) is 0. The Morgan fingerprint density at radius 3 is 2.67 bits per heavy atom. The van der Waals surface area contributed by atoms with Gasteiger partial charge < -0.3 is 16.4 Å². The molecule has 6 heteroatoms. The molecule has 0 aliphatic rings. The highest BCUT2D eigenvalue weighted by atomic mass is 19.1. The largest absolute Gasteiger partial charge is 0.399 e. The van der Waals surface area contributed by atoms with Gasteiger partial charge in [0.25, 0.3) is 5.91 Å². The van der Waals surface area contributed by atoms with Crippen LogP contribution < -0.4 is 16.4 Å². The zero-order valence-electron chi connectivity index (χ0n) is 11.3. The minimum Gasteiger partial charge on any atom is -0.399 e. The smallest absolute Gasteiger partial charge is 0.253 e. The van der Waals surface area contributed by atoms with Gasteiger partial charge in [0, 0.05) is 12.7 Å². The van der Waals surface area contributed by atoms with Gasteiger partial charge in [-0.25, -0.2) is 4.39 Å². The molecule has 0 fully saturated rings. The summed E-state index contributed by atoms with van der Waals surface area (Å²) in [4.78, 5) is 11.8. The Morgan fingerprint density at radius 1 is 1.24 bits per heavy atom. The van der Waals surface area contributed by atoms with Crippen molar-refractivity contribution in [2.45, 2.75) is 0 Å². The molecule has 0 heterocycles. The first-order chi connectivity index (χ1) is 10.0. The van der Waals surface area contributed by atoms with E-state index in [1.807, 2.05) is 6.07 Å². The molecule has 4 N–H and O–H groups in total. The molecule has 0 aliphatic carbocycles. The molecule has 0 aliphatic heterocycles. The number of carbonyl (C=O) groups excluding carboxylic acids is 1. The molecule has 2 aromatic carbocycles. The van der Waals surface area contributed by atoms with E-state index in [4.69, 9.17) is 11.0 Å². The van der Waals surface area contributed by atoms with Gasteiger partial charge in [0.05, 0.1) is 22.5 Å². The van der Waals surface area contributed by atoms with E-state index < -0.39 is 5.82 Å². The number of anilines is 3. The normalized spacial score (nSPS) is 9.76. The summed E-state index contributed by atoms with van der Waals surface area (Å²) in [5.41, 5.74) is 7.54. The first kappa shape index (κ1) is 14.3. The maximum atomic E-state index is 13.1. The van der Waals surface area contributed by atoms with Crippen molar-refractivity contribution in [1.82, 2.24) is 5.32 Å². The predicted octanol–water partition coefficient (Wildman–Crippen LogP) is 2.38. The van der Waals surface area contributed by atoms with Crippen LogP contribution in [0.2, 0.25) is 0 Å². The lowest BCUT2D eigenvalue weighted by atomic mass is 10.1. The van der Waals surface area contributed by atoms with E-state index >= 15 is 0 Å². The van der Waals surface area contributed by atoms with Crippen molar-refractivity contribution in [3.63, 3.8) is 0 Å². The van der Waals surface area contributed by atoms with Crippen LogP contribution in [-0.4, -0.2) is 13.0 Å². The molecule has 0 atom stereocenters. The van der Waals surface area contributed by atoms with E-state index in [-0.39, 0.29) is 11.5 Å². The number of rotatable bonds is 3. The summed E-state index contributed by atoms with van der Waals surface area (Å²) in [5.74, 6) is -0.797. The summed E-state index contributed by atoms with van der Waals surface area (Å²) < 4.78 is 13.1. The molecule has 0 saturated carbocycles. The van der Waals surface area contributed by atoms with Gasteiger partial charge in [-0.05, 0) is 36.4 Å². The third kappa shape index (κ3) is 3.09. The first-order valence-corrected chi connectivity index (χ1v) is 6.13. The average molecular weight is 284 g/mol. The molecule has 2 rings (SSSR count). The summed E-state index contributed by atoms with van der Waals surface area (Å²) in [5, 5.41) is 14.5. The van der Waals surface area contributed by atoms with E-state index in [1.165, 1.54) is 19.2 Å². The number of hydrogen-bond acceptors (Lipinski definition) is 4. The van der Waals surface area contributed by atoms with Crippen molar-refractivity contribution < 1.29 is 9.18 Å². The van der Waals surface area contributed by atoms with Gasteiger partial charge in [-0.3, -0.25) is 4.79 Å². The molecule has 0 unspecified atom stereocenters. The van der Waals surface area contributed by atoms with Gasteiger partial charge >= 0.3 is 0 Å². The summed E-state index contributed by atoms with van der Waals surface area (Å²) in [6, 6.07) is 10.4. The van der Waals surface area contributed by atoms with Crippen LogP contribution in [0.1, 0.15) is 15.9 Å². The van der Waals surface area contributed by atoms with Crippen molar-refractivity contribution in [3.8, 4) is 6.07 Å². The Hall–Kier alpha value is -3.07. The Morgan fingerprint density at radius 2 is 2.00 bits per heavy atom. The Labute approximate surface area is 121 Å². The van der Waals surface area contributed by atoms with E-state index in [0.717, 1.165) is 6.07 Å². The van der Waals surface area contributed by atoms with Crippen molar-refractivity contribution in [2.24, 2.45) is 0 Å². The lowest BCUT2D eigenvalue weighted by Crippen LogP contribution is -2.19. The second-order valence-corrected chi connectivity index (χ2v) is 4.31. The lowest BCUT2D eigenvalue weighted by molar-refractivity contribution is 0.0964. The van der Waals surface area contributed by atoms with Crippen molar-refractivity contribution >= 4 is 23.0 Å². The number of amides is 1. The van der Waals surface area contributed by atoms with Crippen molar-refractivity contribution in [3.05, 3.63) is 53.3 Å². The first-order valence-electron chi connectivity index (χ1n) is 6.13. The zero-order valence-corrected chi connectivity index (χ0v) is 11.3. The molecule has 106 valence electrons. The molecule has 0 saturated heterocycles. The van der Waals surface area contributed by atoms with Gasteiger partial charge in [-0.2, -0.15) is 5.26 Å². The van der Waals surface area contributed by atoms with E-state index in [0.29, 0.717) is 22.6 Å². The second-order valence-electron chi connectivity index (χ2n) is 4.31. The molecule has 2 aromatic rings. The van der Waals surface area contributed by atoms with Crippen LogP contribution in [0.5, 0.6) is 0 Å². The third-order valence-corrected chi connectivity index (χ3v) is 2.89. The van der Waals surface area contributed by atoms with Gasteiger partial charge in [-0.15, -0.1) is 0 Å².